The Morgan fingerprint density at radius 3 is 2.57 bits per heavy atom. The van der Waals surface area contributed by atoms with E-state index in [4.69, 9.17) is 11.6 Å². The third kappa shape index (κ3) is 3.55. The number of ketones is 1. The lowest BCUT2D eigenvalue weighted by molar-refractivity contribution is -0.122. The summed E-state index contributed by atoms with van der Waals surface area (Å²) < 4.78 is 0. The highest BCUT2D eigenvalue weighted by molar-refractivity contribution is 8.18. The number of amides is 2. The summed E-state index contributed by atoms with van der Waals surface area (Å²) in [5.41, 5.74) is 0.413. The van der Waals surface area contributed by atoms with Crippen LogP contribution >= 0.6 is 34.7 Å². The van der Waals surface area contributed by atoms with E-state index in [0.29, 0.717) is 15.5 Å². The lowest BCUT2D eigenvalue weighted by Gasteiger charge is -2.11. The molecule has 116 valence electrons. The monoisotopic (exact) mass is 363 g/mol. The van der Waals surface area contributed by atoms with Gasteiger partial charge in [-0.3, -0.25) is 19.3 Å². The molecule has 2 amide bonds. The van der Waals surface area contributed by atoms with Crippen molar-refractivity contribution in [3.63, 3.8) is 0 Å². The molecule has 2 aromatic rings. The predicted molar refractivity (Wildman–Crippen MR) is 92.8 cm³/mol. The van der Waals surface area contributed by atoms with Gasteiger partial charge in [-0.25, -0.2) is 0 Å². The number of halogens is 1. The molecule has 0 radical (unpaired) electrons. The van der Waals surface area contributed by atoms with Crippen molar-refractivity contribution in [3.8, 4) is 0 Å². The molecular weight excluding hydrogens is 354 g/mol. The van der Waals surface area contributed by atoms with Crippen molar-refractivity contribution in [2.75, 3.05) is 6.54 Å². The van der Waals surface area contributed by atoms with Gasteiger partial charge in [-0.05, 0) is 53.5 Å². The van der Waals surface area contributed by atoms with Gasteiger partial charge in [0.1, 0.15) is 0 Å². The van der Waals surface area contributed by atoms with Gasteiger partial charge in [0.2, 0.25) is 0 Å². The molecule has 4 nitrogen and oxygen atoms in total. The fourth-order valence-corrected chi connectivity index (χ4v) is 3.70. The minimum absolute atomic E-state index is 0.270. The fraction of sp³-hybridized carbons (Fsp3) is 0.0625. The molecule has 0 N–H and O–H groups in total. The molecule has 0 unspecified atom stereocenters. The van der Waals surface area contributed by atoms with Gasteiger partial charge in [0.15, 0.2) is 5.78 Å². The van der Waals surface area contributed by atoms with Crippen molar-refractivity contribution < 1.29 is 14.4 Å². The lowest BCUT2D eigenvalue weighted by Crippen LogP contribution is -2.33. The largest absolute Gasteiger partial charge is 0.293 e. The summed E-state index contributed by atoms with van der Waals surface area (Å²) in [5.74, 6) is -0.739. The number of rotatable bonds is 4. The average Bonchev–Trinajstić information content (AvgIpc) is 3.12. The van der Waals surface area contributed by atoms with E-state index in [1.165, 1.54) is 11.3 Å². The van der Waals surface area contributed by atoms with Crippen molar-refractivity contribution in [1.82, 2.24) is 4.90 Å². The van der Waals surface area contributed by atoms with Gasteiger partial charge in [0, 0.05) is 15.5 Å². The van der Waals surface area contributed by atoms with Crippen molar-refractivity contribution in [1.29, 1.82) is 0 Å². The molecule has 1 saturated heterocycles. The van der Waals surface area contributed by atoms with Crippen LogP contribution in [-0.4, -0.2) is 28.4 Å². The summed E-state index contributed by atoms with van der Waals surface area (Å²) >= 11 is 8.11. The van der Waals surface area contributed by atoms with E-state index < -0.39 is 11.1 Å². The van der Waals surface area contributed by atoms with Crippen LogP contribution in [0, 0.1) is 0 Å². The Hall–Kier alpha value is -1.89. The molecule has 1 aliphatic heterocycles. The van der Waals surface area contributed by atoms with Gasteiger partial charge < -0.3 is 0 Å². The highest BCUT2D eigenvalue weighted by Crippen LogP contribution is 2.33. The van der Waals surface area contributed by atoms with Crippen LogP contribution < -0.4 is 0 Å². The van der Waals surface area contributed by atoms with Gasteiger partial charge in [0.25, 0.3) is 11.1 Å². The number of carbonyl (C=O) groups is 3. The standard InChI is InChI=1S/C16H10ClNO3S2/c17-11-5-3-10(4-6-11)13(19)9-18-15(20)14(23-16(18)21)8-12-2-1-7-22-12/h1-8H,9H2/b14-8-. The zero-order valence-electron chi connectivity index (χ0n) is 11.7. The van der Waals surface area contributed by atoms with Crippen molar-refractivity contribution in [3.05, 3.63) is 62.1 Å². The minimum Gasteiger partial charge on any atom is -0.292 e. The van der Waals surface area contributed by atoms with E-state index >= 15 is 0 Å². The summed E-state index contributed by atoms with van der Waals surface area (Å²) in [6.07, 6.45) is 1.67. The molecular formula is C16H10ClNO3S2. The number of benzene rings is 1. The fourth-order valence-electron chi connectivity index (χ4n) is 2.01. The molecule has 0 spiro atoms. The van der Waals surface area contributed by atoms with E-state index in [9.17, 15) is 14.4 Å². The maximum atomic E-state index is 12.3. The SMILES string of the molecule is O=C(CN1C(=O)S/C(=C\c2cccs2)C1=O)c1ccc(Cl)cc1. The summed E-state index contributed by atoms with van der Waals surface area (Å²) in [7, 11) is 0. The lowest BCUT2D eigenvalue weighted by atomic mass is 10.1. The number of hydrogen-bond donors (Lipinski definition) is 0. The van der Waals surface area contributed by atoms with Crippen LogP contribution in [0.25, 0.3) is 6.08 Å². The Morgan fingerprint density at radius 2 is 1.91 bits per heavy atom. The number of carbonyl (C=O) groups excluding carboxylic acids is 3. The topological polar surface area (TPSA) is 54.5 Å². The zero-order chi connectivity index (χ0) is 16.4. The minimum atomic E-state index is -0.435. The van der Waals surface area contributed by atoms with Gasteiger partial charge in [-0.15, -0.1) is 11.3 Å². The van der Waals surface area contributed by atoms with Crippen LogP contribution in [0.15, 0.2) is 46.7 Å². The maximum absolute atomic E-state index is 12.3. The number of hydrogen-bond acceptors (Lipinski definition) is 5. The van der Waals surface area contributed by atoms with Crippen LogP contribution in [0.2, 0.25) is 5.02 Å². The smallest absolute Gasteiger partial charge is 0.292 e. The van der Waals surface area contributed by atoms with Crippen molar-refractivity contribution in [2.45, 2.75) is 0 Å². The van der Waals surface area contributed by atoms with Crippen LogP contribution in [0.4, 0.5) is 4.79 Å². The molecule has 0 atom stereocenters. The first-order valence-electron chi connectivity index (χ1n) is 6.62. The van der Waals surface area contributed by atoms with E-state index in [0.717, 1.165) is 21.5 Å². The first kappa shape index (κ1) is 16.0. The molecule has 3 rings (SSSR count). The third-order valence-corrected chi connectivity index (χ3v) is 5.14. The molecule has 0 bridgehead atoms. The van der Waals surface area contributed by atoms with E-state index in [1.807, 2.05) is 17.5 Å². The molecule has 0 aliphatic carbocycles. The summed E-state index contributed by atoms with van der Waals surface area (Å²) in [5, 5.41) is 1.98. The molecule has 2 heterocycles. The molecule has 23 heavy (non-hydrogen) atoms. The normalized spacial score (nSPS) is 16.4. The highest BCUT2D eigenvalue weighted by Gasteiger charge is 2.36. The highest BCUT2D eigenvalue weighted by atomic mass is 35.5. The molecule has 1 aromatic heterocycles. The second-order valence-electron chi connectivity index (χ2n) is 4.71. The summed E-state index contributed by atoms with van der Waals surface area (Å²) in [6.45, 7) is -0.270. The number of thiophene rings is 1. The van der Waals surface area contributed by atoms with Crippen molar-refractivity contribution in [2.24, 2.45) is 0 Å². The second-order valence-corrected chi connectivity index (χ2v) is 7.12. The molecule has 7 heteroatoms. The second kappa shape index (κ2) is 6.70. The Kier molecular flexibility index (Phi) is 4.66. The Bertz CT molecular complexity index is 797. The average molecular weight is 364 g/mol. The Balaban J connectivity index is 1.75. The number of thioether (sulfide) groups is 1. The Morgan fingerprint density at radius 1 is 1.17 bits per heavy atom. The molecule has 1 fully saturated rings. The third-order valence-electron chi connectivity index (χ3n) is 3.16. The Labute approximate surface area is 145 Å². The van der Waals surface area contributed by atoms with Gasteiger partial charge >= 0.3 is 0 Å². The number of imide groups is 1. The van der Waals surface area contributed by atoms with Gasteiger partial charge in [-0.1, -0.05) is 17.7 Å². The van der Waals surface area contributed by atoms with E-state index in [1.54, 1.807) is 30.3 Å². The molecule has 1 aromatic carbocycles. The summed E-state index contributed by atoms with van der Waals surface area (Å²) in [6, 6.07) is 10.1. The van der Waals surface area contributed by atoms with Gasteiger partial charge in [0.05, 0.1) is 11.4 Å². The van der Waals surface area contributed by atoms with Crippen molar-refractivity contribution >= 4 is 57.7 Å². The van der Waals surface area contributed by atoms with Gasteiger partial charge in [-0.2, -0.15) is 0 Å². The van der Waals surface area contributed by atoms with Crippen LogP contribution in [0.3, 0.4) is 0 Å². The first-order chi connectivity index (χ1) is 11.0. The van der Waals surface area contributed by atoms with Crippen LogP contribution in [0.5, 0.6) is 0 Å². The van der Waals surface area contributed by atoms with E-state index in [-0.39, 0.29) is 12.3 Å². The predicted octanol–water partition coefficient (Wildman–Crippen LogP) is 4.32. The number of nitrogens with zero attached hydrogens (tertiary/aromatic N) is 1. The van der Waals surface area contributed by atoms with Crippen LogP contribution in [-0.2, 0) is 4.79 Å². The first-order valence-corrected chi connectivity index (χ1v) is 8.69. The van der Waals surface area contributed by atoms with E-state index in [2.05, 4.69) is 0 Å². The maximum Gasteiger partial charge on any atom is 0.293 e. The quantitative estimate of drug-likeness (QED) is 0.599. The summed E-state index contributed by atoms with van der Waals surface area (Å²) in [4.78, 5) is 38.7. The number of Topliss-reactive ketones (excluding diaryl/α,β-unsaturated/α-hetero) is 1. The molecule has 1 aliphatic rings. The van der Waals surface area contributed by atoms with Crippen LogP contribution in [0.1, 0.15) is 15.2 Å². The zero-order valence-corrected chi connectivity index (χ0v) is 14.1. The molecule has 0 saturated carbocycles.